The Kier molecular flexibility index (Phi) is 5.72. The van der Waals surface area contributed by atoms with Crippen LogP contribution < -0.4 is 9.80 Å². The van der Waals surface area contributed by atoms with Crippen molar-refractivity contribution < 1.29 is 18.4 Å². The highest BCUT2D eigenvalue weighted by atomic mass is 16.3. The van der Waals surface area contributed by atoms with E-state index >= 15 is 0 Å². The molecule has 0 aromatic carbocycles. The number of anilines is 2. The molecule has 8 nitrogen and oxygen atoms in total. The van der Waals surface area contributed by atoms with Crippen LogP contribution in [0.4, 0.5) is 11.6 Å². The minimum atomic E-state index is 0.517. The van der Waals surface area contributed by atoms with Crippen molar-refractivity contribution in [3.05, 3.63) is 72.4 Å². The van der Waals surface area contributed by atoms with Gasteiger partial charge in [0, 0.05) is 49.7 Å². The molecule has 4 aromatic rings. The molecule has 166 valence electrons. The van der Waals surface area contributed by atoms with Gasteiger partial charge < -0.3 is 18.6 Å². The van der Waals surface area contributed by atoms with E-state index < -0.39 is 0 Å². The lowest BCUT2D eigenvalue weighted by atomic mass is 10.1. The second-order valence-corrected chi connectivity index (χ2v) is 7.78. The van der Waals surface area contributed by atoms with E-state index in [9.17, 15) is 9.59 Å². The quantitative estimate of drug-likeness (QED) is 0.407. The molecule has 0 bridgehead atoms. The van der Waals surface area contributed by atoms with Gasteiger partial charge in [0.05, 0.1) is 23.7 Å². The van der Waals surface area contributed by atoms with Crippen LogP contribution in [0.5, 0.6) is 0 Å². The molecule has 0 aliphatic carbocycles. The van der Waals surface area contributed by atoms with Crippen molar-refractivity contribution >= 4 is 24.2 Å². The van der Waals surface area contributed by atoms with Gasteiger partial charge in [0.2, 0.25) is 0 Å². The standard InChI is InChI=1S/C25H22N4O4/c30-16-20-6-12-32-24(20)18-2-4-22(26-14-18)28-8-1-9-29(11-10-28)23-5-3-19(15-27-23)25-21(17-31)7-13-33-25/h2-7,12-17H,1,8-11H2. The normalized spacial score (nSPS) is 14.2. The molecule has 0 spiro atoms. The first-order valence-corrected chi connectivity index (χ1v) is 10.7. The van der Waals surface area contributed by atoms with Crippen molar-refractivity contribution in [3.63, 3.8) is 0 Å². The molecule has 0 atom stereocenters. The van der Waals surface area contributed by atoms with E-state index in [-0.39, 0.29) is 0 Å². The number of aldehydes is 2. The summed E-state index contributed by atoms with van der Waals surface area (Å²) in [6, 6.07) is 11.1. The number of rotatable bonds is 6. The Hall–Kier alpha value is -4.20. The molecular formula is C25H22N4O4. The van der Waals surface area contributed by atoms with Crippen LogP contribution in [-0.4, -0.2) is 48.7 Å². The summed E-state index contributed by atoms with van der Waals surface area (Å²) in [5.74, 6) is 2.86. The van der Waals surface area contributed by atoms with E-state index in [1.807, 2.05) is 24.3 Å². The van der Waals surface area contributed by atoms with Crippen molar-refractivity contribution in [3.8, 4) is 22.6 Å². The van der Waals surface area contributed by atoms with Crippen LogP contribution in [0.25, 0.3) is 22.6 Å². The Labute approximate surface area is 190 Å². The molecule has 4 aromatic heterocycles. The van der Waals surface area contributed by atoms with E-state index in [2.05, 4.69) is 19.8 Å². The first-order chi connectivity index (χ1) is 16.3. The van der Waals surface area contributed by atoms with Crippen molar-refractivity contribution in [2.75, 3.05) is 36.0 Å². The summed E-state index contributed by atoms with van der Waals surface area (Å²) in [7, 11) is 0. The maximum absolute atomic E-state index is 11.2. The van der Waals surface area contributed by atoms with Gasteiger partial charge in [-0.3, -0.25) is 9.59 Å². The second-order valence-electron chi connectivity index (χ2n) is 7.78. The molecule has 0 N–H and O–H groups in total. The summed E-state index contributed by atoms with van der Waals surface area (Å²) in [4.78, 5) is 36.0. The molecule has 1 fully saturated rings. The maximum atomic E-state index is 11.2. The largest absolute Gasteiger partial charge is 0.464 e. The monoisotopic (exact) mass is 442 g/mol. The number of hydrogen-bond donors (Lipinski definition) is 0. The molecule has 8 heteroatoms. The third kappa shape index (κ3) is 4.15. The van der Waals surface area contributed by atoms with Gasteiger partial charge in [-0.2, -0.15) is 0 Å². The second kappa shape index (κ2) is 9.12. The fourth-order valence-electron chi connectivity index (χ4n) is 4.08. The number of nitrogens with zero attached hydrogens (tertiary/aromatic N) is 4. The summed E-state index contributed by atoms with van der Waals surface area (Å²) in [6.45, 7) is 3.39. The van der Waals surface area contributed by atoms with Crippen molar-refractivity contribution in [1.29, 1.82) is 0 Å². The average molecular weight is 442 g/mol. The van der Waals surface area contributed by atoms with Crippen molar-refractivity contribution in [1.82, 2.24) is 9.97 Å². The number of aromatic nitrogens is 2. The molecule has 1 aliphatic rings. The Morgan fingerprint density at radius 3 is 1.55 bits per heavy atom. The molecule has 5 heterocycles. The summed E-state index contributed by atoms with van der Waals surface area (Å²) < 4.78 is 10.9. The molecule has 33 heavy (non-hydrogen) atoms. The Balaban J connectivity index is 1.26. The fourth-order valence-corrected chi connectivity index (χ4v) is 4.08. The lowest BCUT2D eigenvalue weighted by molar-refractivity contribution is 0.111. The number of carbonyl (C=O) groups is 2. The summed E-state index contributed by atoms with van der Waals surface area (Å²) in [5, 5.41) is 0. The molecule has 0 unspecified atom stereocenters. The van der Waals surface area contributed by atoms with Crippen LogP contribution in [0.15, 0.2) is 70.2 Å². The van der Waals surface area contributed by atoms with Crippen LogP contribution in [-0.2, 0) is 0 Å². The van der Waals surface area contributed by atoms with Crippen molar-refractivity contribution in [2.24, 2.45) is 0 Å². The Morgan fingerprint density at radius 1 is 0.667 bits per heavy atom. The zero-order valence-corrected chi connectivity index (χ0v) is 17.9. The Morgan fingerprint density at radius 2 is 1.15 bits per heavy atom. The average Bonchev–Trinajstić information content (AvgIpc) is 3.48. The van der Waals surface area contributed by atoms with E-state index in [1.54, 1.807) is 24.5 Å². The van der Waals surface area contributed by atoms with Gasteiger partial charge in [-0.05, 0) is 42.8 Å². The smallest absolute Gasteiger partial charge is 0.153 e. The topological polar surface area (TPSA) is 92.7 Å². The Bertz CT molecular complexity index is 1150. The van der Waals surface area contributed by atoms with Gasteiger partial charge in [-0.25, -0.2) is 9.97 Å². The predicted molar refractivity (Wildman–Crippen MR) is 124 cm³/mol. The van der Waals surface area contributed by atoms with Gasteiger partial charge >= 0.3 is 0 Å². The van der Waals surface area contributed by atoms with Gasteiger partial charge in [0.15, 0.2) is 12.6 Å². The van der Waals surface area contributed by atoms with Gasteiger partial charge in [-0.1, -0.05) is 0 Å². The van der Waals surface area contributed by atoms with Crippen LogP contribution in [0.1, 0.15) is 27.1 Å². The highest BCUT2D eigenvalue weighted by Crippen LogP contribution is 2.27. The van der Waals surface area contributed by atoms with E-state index in [0.717, 1.165) is 67.9 Å². The first kappa shape index (κ1) is 20.7. The number of hydrogen-bond acceptors (Lipinski definition) is 8. The highest BCUT2D eigenvalue weighted by Gasteiger charge is 2.18. The lowest BCUT2D eigenvalue weighted by Crippen LogP contribution is -2.31. The van der Waals surface area contributed by atoms with Crippen LogP contribution in [0.2, 0.25) is 0 Å². The van der Waals surface area contributed by atoms with E-state index in [1.165, 1.54) is 12.5 Å². The molecular weight excluding hydrogens is 420 g/mol. The fraction of sp³-hybridized carbons (Fsp3) is 0.200. The minimum absolute atomic E-state index is 0.517. The highest BCUT2D eigenvalue weighted by molar-refractivity contribution is 5.85. The molecule has 0 radical (unpaired) electrons. The van der Waals surface area contributed by atoms with E-state index in [4.69, 9.17) is 8.83 Å². The predicted octanol–water partition coefficient (Wildman–Crippen LogP) is 4.34. The zero-order chi connectivity index (χ0) is 22.6. The lowest BCUT2D eigenvalue weighted by Gasteiger charge is -2.23. The minimum Gasteiger partial charge on any atom is -0.464 e. The first-order valence-electron chi connectivity index (χ1n) is 10.7. The summed E-state index contributed by atoms with van der Waals surface area (Å²) in [5.41, 5.74) is 2.59. The summed E-state index contributed by atoms with van der Waals surface area (Å²) in [6.07, 6.45) is 9.03. The van der Waals surface area contributed by atoms with Crippen LogP contribution in [0, 0.1) is 0 Å². The number of pyridine rings is 2. The summed E-state index contributed by atoms with van der Waals surface area (Å²) >= 11 is 0. The molecule has 1 aliphatic heterocycles. The van der Waals surface area contributed by atoms with E-state index in [0.29, 0.717) is 22.6 Å². The third-order valence-corrected chi connectivity index (χ3v) is 5.81. The SMILES string of the molecule is O=Cc1ccoc1-c1ccc(N2CCCN(c3ccc(-c4occc4C=O)cn3)CC2)nc1. The number of carbonyl (C=O) groups excluding carboxylic acids is 2. The van der Waals surface area contributed by atoms with Crippen molar-refractivity contribution in [2.45, 2.75) is 6.42 Å². The van der Waals surface area contributed by atoms with Gasteiger partial charge in [-0.15, -0.1) is 0 Å². The molecule has 5 rings (SSSR count). The molecule has 0 amide bonds. The third-order valence-electron chi connectivity index (χ3n) is 5.81. The van der Waals surface area contributed by atoms with Gasteiger partial charge in [0.25, 0.3) is 0 Å². The van der Waals surface area contributed by atoms with Gasteiger partial charge in [0.1, 0.15) is 23.2 Å². The molecule has 0 saturated carbocycles. The molecule has 1 saturated heterocycles. The van der Waals surface area contributed by atoms with Crippen LogP contribution >= 0.6 is 0 Å². The van der Waals surface area contributed by atoms with Crippen LogP contribution in [0.3, 0.4) is 0 Å². The maximum Gasteiger partial charge on any atom is 0.153 e. The zero-order valence-electron chi connectivity index (χ0n) is 17.9. The number of furan rings is 2.